The van der Waals surface area contributed by atoms with Crippen LogP contribution in [0.3, 0.4) is 0 Å². The van der Waals surface area contributed by atoms with Crippen molar-refractivity contribution in [3.05, 3.63) is 59.2 Å². The molecule has 0 bridgehead atoms. The van der Waals surface area contributed by atoms with Gasteiger partial charge in [-0.1, -0.05) is 37.6 Å². The predicted octanol–water partition coefficient (Wildman–Crippen LogP) is 4.08. The van der Waals surface area contributed by atoms with Crippen LogP contribution in [0.25, 0.3) is 0 Å². The summed E-state index contributed by atoms with van der Waals surface area (Å²) in [4.78, 5) is 12.1. The zero-order valence-corrected chi connectivity index (χ0v) is 12.0. The Kier molecular flexibility index (Phi) is 4.08. The van der Waals surface area contributed by atoms with E-state index in [2.05, 4.69) is 19.2 Å². The Bertz CT molecular complexity index is 615. The molecule has 0 spiro atoms. The standard InChI is InChI=1S/C17H19NO2/c1-11(2)13-5-7-14(8-6-13)18-17(20)15-10-12(3)4-9-16(15)19/h4-11,19H,1-3H3,(H,18,20). The molecule has 3 nitrogen and oxygen atoms in total. The Hall–Kier alpha value is -2.29. The molecule has 0 atom stereocenters. The maximum Gasteiger partial charge on any atom is 0.259 e. The summed E-state index contributed by atoms with van der Waals surface area (Å²) in [6.45, 7) is 6.13. The smallest absolute Gasteiger partial charge is 0.259 e. The molecule has 0 saturated carbocycles. The third kappa shape index (κ3) is 3.18. The van der Waals surface area contributed by atoms with Gasteiger partial charge < -0.3 is 10.4 Å². The van der Waals surface area contributed by atoms with Crippen molar-refractivity contribution >= 4 is 11.6 Å². The molecule has 0 unspecified atom stereocenters. The number of rotatable bonds is 3. The van der Waals surface area contributed by atoms with Gasteiger partial charge in [-0.05, 0) is 42.7 Å². The summed E-state index contributed by atoms with van der Waals surface area (Å²) in [5.74, 6) is 0.149. The van der Waals surface area contributed by atoms with Gasteiger partial charge in [0.25, 0.3) is 5.91 Å². The van der Waals surface area contributed by atoms with Crippen LogP contribution in [-0.4, -0.2) is 11.0 Å². The van der Waals surface area contributed by atoms with Gasteiger partial charge in [0.05, 0.1) is 5.56 Å². The number of amides is 1. The molecule has 0 aromatic heterocycles. The quantitative estimate of drug-likeness (QED) is 0.882. The summed E-state index contributed by atoms with van der Waals surface area (Å²) in [5.41, 5.74) is 3.17. The average molecular weight is 269 g/mol. The number of anilines is 1. The van der Waals surface area contributed by atoms with Crippen LogP contribution in [0.15, 0.2) is 42.5 Å². The summed E-state index contributed by atoms with van der Waals surface area (Å²) in [6.07, 6.45) is 0. The van der Waals surface area contributed by atoms with E-state index in [1.165, 1.54) is 11.6 Å². The third-order valence-electron chi connectivity index (χ3n) is 3.23. The van der Waals surface area contributed by atoms with Crippen molar-refractivity contribution in [3.8, 4) is 5.75 Å². The Morgan fingerprint density at radius 3 is 2.35 bits per heavy atom. The van der Waals surface area contributed by atoms with Gasteiger partial charge in [-0.15, -0.1) is 0 Å². The Labute approximate surface area is 119 Å². The highest BCUT2D eigenvalue weighted by atomic mass is 16.3. The molecule has 2 rings (SSSR count). The molecule has 0 aliphatic carbocycles. The van der Waals surface area contributed by atoms with Crippen LogP contribution in [0, 0.1) is 6.92 Å². The highest BCUT2D eigenvalue weighted by Crippen LogP contribution is 2.21. The molecule has 0 fully saturated rings. The van der Waals surface area contributed by atoms with Crippen LogP contribution < -0.4 is 5.32 Å². The van der Waals surface area contributed by atoms with Crippen LogP contribution in [0.5, 0.6) is 5.75 Å². The Balaban J connectivity index is 2.17. The van der Waals surface area contributed by atoms with Crippen molar-refractivity contribution in [1.29, 1.82) is 0 Å². The molecule has 0 saturated heterocycles. The van der Waals surface area contributed by atoms with E-state index in [4.69, 9.17) is 0 Å². The fourth-order valence-corrected chi connectivity index (χ4v) is 1.98. The average Bonchev–Trinajstić information content (AvgIpc) is 2.42. The van der Waals surface area contributed by atoms with Gasteiger partial charge >= 0.3 is 0 Å². The fraction of sp³-hybridized carbons (Fsp3) is 0.235. The zero-order valence-electron chi connectivity index (χ0n) is 12.0. The molecule has 2 N–H and O–H groups in total. The van der Waals surface area contributed by atoms with E-state index in [1.54, 1.807) is 12.1 Å². The summed E-state index contributed by atoms with van der Waals surface area (Å²) in [5, 5.41) is 12.5. The van der Waals surface area contributed by atoms with E-state index in [1.807, 2.05) is 31.2 Å². The second-order valence-corrected chi connectivity index (χ2v) is 5.25. The number of aromatic hydroxyl groups is 1. The first-order valence-corrected chi connectivity index (χ1v) is 6.68. The van der Waals surface area contributed by atoms with E-state index in [9.17, 15) is 9.90 Å². The summed E-state index contributed by atoms with van der Waals surface area (Å²) in [6, 6.07) is 12.7. The van der Waals surface area contributed by atoms with Gasteiger partial charge in [-0.3, -0.25) is 4.79 Å². The number of phenols is 1. The van der Waals surface area contributed by atoms with E-state index in [0.717, 1.165) is 11.3 Å². The van der Waals surface area contributed by atoms with Crippen LogP contribution in [-0.2, 0) is 0 Å². The lowest BCUT2D eigenvalue weighted by molar-refractivity contribution is 0.102. The van der Waals surface area contributed by atoms with Gasteiger partial charge in [0, 0.05) is 5.69 Å². The first-order chi connectivity index (χ1) is 9.47. The van der Waals surface area contributed by atoms with Crippen molar-refractivity contribution in [2.75, 3.05) is 5.32 Å². The molecular formula is C17H19NO2. The minimum atomic E-state index is -0.302. The topological polar surface area (TPSA) is 49.3 Å². The molecule has 0 radical (unpaired) electrons. The second kappa shape index (κ2) is 5.78. The number of hydrogen-bond donors (Lipinski definition) is 2. The number of carbonyl (C=O) groups excluding carboxylic acids is 1. The van der Waals surface area contributed by atoms with E-state index in [0.29, 0.717) is 5.92 Å². The molecule has 2 aromatic carbocycles. The number of nitrogens with one attached hydrogen (secondary N) is 1. The molecule has 104 valence electrons. The lowest BCUT2D eigenvalue weighted by Crippen LogP contribution is -2.12. The van der Waals surface area contributed by atoms with Crippen molar-refractivity contribution in [2.24, 2.45) is 0 Å². The van der Waals surface area contributed by atoms with E-state index >= 15 is 0 Å². The number of benzene rings is 2. The lowest BCUT2D eigenvalue weighted by Gasteiger charge is -2.09. The van der Waals surface area contributed by atoms with Crippen molar-refractivity contribution in [3.63, 3.8) is 0 Å². The SMILES string of the molecule is Cc1ccc(O)c(C(=O)Nc2ccc(C(C)C)cc2)c1. The number of phenolic OH excluding ortho intramolecular Hbond substituents is 1. The first-order valence-electron chi connectivity index (χ1n) is 6.68. The largest absolute Gasteiger partial charge is 0.507 e. The van der Waals surface area contributed by atoms with Gasteiger partial charge in [0.15, 0.2) is 0 Å². The van der Waals surface area contributed by atoms with Crippen LogP contribution in [0.2, 0.25) is 0 Å². The van der Waals surface area contributed by atoms with Gasteiger partial charge in [0.1, 0.15) is 5.75 Å². The van der Waals surface area contributed by atoms with E-state index < -0.39 is 0 Å². The molecule has 2 aromatic rings. The maximum absolute atomic E-state index is 12.1. The minimum absolute atomic E-state index is 0.00750. The lowest BCUT2D eigenvalue weighted by atomic mass is 10.0. The fourth-order valence-electron chi connectivity index (χ4n) is 1.98. The maximum atomic E-state index is 12.1. The zero-order chi connectivity index (χ0) is 14.7. The molecular weight excluding hydrogens is 250 g/mol. The predicted molar refractivity (Wildman–Crippen MR) is 81.3 cm³/mol. The normalized spacial score (nSPS) is 10.6. The summed E-state index contributed by atoms with van der Waals surface area (Å²) < 4.78 is 0. The van der Waals surface area contributed by atoms with Crippen LogP contribution in [0.1, 0.15) is 41.3 Å². The van der Waals surface area contributed by atoms with Gasteiger partial charge in [-0.2, -0.15) is 0 Å². The van der Waals surface area contributed by atoms with Crippen molar-refractivity contribution in [2.45, 2.75) is 26.7 Å². The molecule has 20 heavy (non-hydrogen) atoms. The highest BCUT2D eigenvalue weighted by molar-refractivity contribution is 6.06. The van der Waals surface area contributed by atoms with Crippen molar-refractivity contribution in [1.82, 2.24) is 0 Å². The molecule has 0 aliphatic rings. The summed E-state index contributed by atoms with van der Waals surface area (Å²) >= 11 is 0. The Morgan fingerprint density at radius 1 is 1.10 bits per heavy atom. The number of hydrogen-bond acceptors (Lipinski definition) is 2. The van der Waals surface area contributed by atoms with Gasteiger partial charge in [0.2, 0.25) is 0 Å². The minimum Gasteiger partial charge on any atom is -0.507 e. The number of carbonyl (C=O) groups is 1. The summed E-state index contributed by atoms with van der Waals surface area (Å²) in [7, 11) is 0. The molecule has 0 aliphatic heterocycles. The van der Waals surface area contributed by atoms with Crippen LogP contribution in [0.4, 0.5) is 5.69 Å². The van der Waals surface area contributed by atoms with Crippen molar-refractivity contribution < 1.29 is 9.90 Å². The second-order valence-electron chi connectivity index (χ2n) is 5.25. The third-order valence-corrected chi connectivity index (χ3v) is 3.23. The molecule has 1 amide bonds. The molecule has 0 heterocycles. The van der Waals surface area contributed by atoms with Crippen LogP contribution >= 0.6 is 0 Å². The highest BCUT2D eigenvalue weighted by Gasteiger charge is 2.11. The Morgan fingerprint density at radius 2 is 1.75 bits per heavy atom. The monoisotopic (exact) mass is 269 g/mol. The number of aryl methyl sites for hydroxylation is 1. The van der Waals surface area contributed by atoms with Gasteiger partial charge in [-0.25, -0.2) is 0 Å². The first kappa shape index (κ1) is 14.1. The molecule has 3 heteroatoms. The van der Waals surface area contributed by atoms with E-state index in [-0.39, 0.29) is 17.2 Å².